The standard InChI is InChI=1S/C24H23N3O4S/c1-18(28)19-7-10-21(11-8-19)26-13-15-27(16-14-26)24(29)20-9-12-23(25-17-20)32(30,31)22-5-3-2-4-6-22/h2-12,17H,13-16H2,1H3. The number of aromatic nitrogens is 1. The molecule has 0 N–H and O–H groups in total. The zero-order chi connectivity index (χ0) is 22.7. The SMILES string of the molecule is CC(=O)c1ccc(N2CCN(C(=O)c3ccc(S(=O)(=O)c4ccccc4)nc3)CC2)cc1. The van der Waals surface area contributed by atoms with E-state index in [1.54, 1.807) is 23.1 Å². The molecule has 1 aromatic heterocycles. The highest BCUT2D eigenvalue weighted by Crippen LogP contribution is 2.21. The molecule has 164 valence electrons. The molecule has 1 amide bonds. The molecule has 0 saturated carbocycles. The number of carbonyl (C=O) groups excluding carboxylic acids is 2. The number of benzene rings is 2. The molecule has 7 nitrogen and oxygen atoms in total. The first kappa shape index (κ1) is 21.7. The lowest BCUT2D eigenvalue weighted by molar-refractivity contribution is 0.0746. The third-order valence-corrected chi connectivity index (χ3v) is 7.20. The second-order valence-corrected chi connectivity index (χ2v) is 9.48. The highest BCUT2D eigenvalue weighted by Gasteiger charge is 2.24. The molecular formula is C24H23N3O4S. The van der Waals surface area contributed by atoms with Gasteiger partial charge in [0.05, 0.1) is 10.5 Å². The van der Waals surface area contributed by atoms with Gasteiger partial charge in [0.25, 0.3) is 5.91 Å². The largest absolute Gasteiger partial charge is 0.368 e. The first-order chi connectivity index (χ1) is 15.4. The van der Waals surface area contributed by atoms with Gasteiger partial charge in [-0.15, -0.1) is 0 Å². The van der Waals surface area contributed by atoms with Crippen molar-refractivity contribution >= 4 is 27.2 Å². The number of rotatable bonds is 5. The molecule has 0 aliphatic carbocycles. The van der Waals surface area contributed by atoms with Gasteiger partial charge in [0.2, 0.25) is 9.84 Å². The Kier molecular flexibility index (Phi) is 6.05. The third-order valence-electron chi connectivity index (χ3n) is 5.52. The molecule has 8 heteroatoms. The summed E-state index contributed by atoms with van der Waals surface area (Å²) in [6, 6.07) is 18.4. The van der Waals surface area contributed by atoms with Gasteiger partial charge in [0, 0.05) is 43.6 Å². The van der Waals surface area contributed by atoms with Crippen molar-refractivity contribution in [3.63, 3.8) is 0 Å². The highest BCUT2D eigenvalue weighted by molar-refractivity contribution is 7.91. The number of nitrogens with zero attached hydrogens (tertiary/aromatic N) is 3. The molecule has 32 heavy (non-hydrogen) atoms. The van der Waals surface area contributed by atoms with Crippen LogP contribution in [-0.4, -0.2) is 56.2 Å². The van der Waals surface area contributed by atoms with Crippen molar-refractivity contribution in [2.24, 2.45) is 0 Å². The van der Waals surface area contributed by atoms with Crippen LogP contribution in [0, 0.1) is 0 Å². The second-order valence-electron chi connectivity index (χ2n) is 7.58. The lowest BCUT2D eigenvalue weighted by Crippen LogP contribution is -2.48. The molecule has 0 unspecified atom stereocenters. The van der Waals surface area contributed by atoms with Crippen LogP contribution >= 0.6 is 0 Å². The molecule has 2 heterocycles. The van der Waals surface area contributed by atoms with E-state index in [0.717, 1.165) is 5.69 Å². The molecule has 3 aromatic rings. The molecule has 0 radical (unpaired) electrons. The molecule has 4 rings (SSSR count). The molecule has 1 fully saturated rings. The van der Waals surface area contributed by atoms with Crippen LogP contribution in [-0.2, 0) is 9.84 Å². The summed E-state index contributed by atoms with van der Waals surface area (Å²) in [5.41, 5.74) is 2.04. The van der Waals surface area contributed by atoms with E-state index in [1.807, 2.05) is 24.3 Å². The molecule has 0 spiro atoms. The Labute approximate surface area is 187 Å². The summed E-state index contributed by atoms with van der Waals surface area (Å²) < 4.78 is 25.3. The number of hydrogen-bond acceptors (Lipinski definition) is 6. The van der Waals surface area contributed by atoms with Crippen molar-refractivity contribution in [3.8, 4) is 0 Å². The Balaban J connectivity index is 1.41. The molecule has 1 aliphatic heterocycles. The summed E-state index contributed by atoms with van der Waals surface area (Å²) in [5, 5.41) is -0.0842. The maximum absolute atomic E-state index is 12.9. The van der Waals surface area contributed by atoms with Crippen molar-refractivity contribution in [1.29, 1.82) is 0 Å². The van der Waals surface area contributed by atoms with E-state index in [-0.39, 0.29) is 21.6 Å². The van der Waals surface area contributed by atoms with E-state index >= 15 is 0 Å². The van der Waals surface area contributed by atoms with Crippen molar-refractivity contribution < 1.29 is 18.0 Å². The predicted molar refractivity (Wildman–Crippen MR) is 121 cm³/mol. The Morgan fingerprint density at radius 1 is 0.812 bits per heavy atom. The van der Waals surface area contributed by atoms with Crippen LogP contribution in [0.15, 0.2) is 82.8 Å². The van der Waals surface area contributed by atoms with E-state index in [1.165, 1.54) is 37.4 Å². The number of amides is 1. The number of sulfone groups is 1. The van der Waals surface area contributed by atoms with Crippen LogP contribution in [0.1, 0.15) is 27.6 Å². The predicted octanol–water partition coefficient (Wildman–Crippen LogP) is 3.08. The average molecular weight is 450 g/mol. The summed E-state index contributed by atoms with van der Waals surface area (Å²) in [7, 11) is -3.72. The number of hydrogen-bond donors (Lipinski definition) is 0. The van der Waals surface area contributed by atoms with Crippen LogP contribution in [0.3, 0.4) is 0 Å². The minimum Gasteiger partial charge on any atom is -0.368 e. The van der Waals surface area contributed by atoms with E-state index in [0.29, 0.717) is 37.3 Å². The van der Waals surface area contributed by atoms with Gasteiger partial charge in [0.1, 0.15) is 0 Å². The smallest absolute Gasteiger partial charge is 0.255 e. The number of ketones is 1. The molecule has 1 saturated heterocycles. The number of anilines is 1. The maximum Gasteiger partial charge on any atom is 0.255 e. The quantitative estimate of drug-likeness (QED) is 0.557. The van der Waals surface area contributed by atoms with Gasteiger partial charge in [-0.2, -0.15) is 0 Å². The van der Waals surface area contributed by atoms with E-state index in [4.69, 9.17) is 0 Å². The van der Waals surface area contributed by atoms with Crippen molar-refractivity contribution in [1.82, 2.24) is 9.88 Å². The summed E-state index contributed by atoms with van der Waals surface area (Å²) >= 11 is 0. The molecule has 2 aromatic carbocycles. The first-order valence-corrected chi connectivity index (χ1v) is 11.8. The average Bonchev–Trinajstić information content (AvgIpc) is 2.84. The number of piperazine rings is 1. The van der Waals surface area contributed by atoms with E-state index in [9.17, 15) is 18.0 Å². The zero-order valence-electron chi connectivity index (χ0n) is 17.6. The fourth-order valence-corrected chi connectivity index (χ4v) is 4.84. The van der Waals surface area contributed by atoms with Crippen molar-refractivity contribution in [2.45, 2.75) is 16.8 Å². The first-order valence-electron chi connectivity index (χ1n) is 10.3. The normalized spacial score (nSPS) is 14.3. The minimum absolute atomic E-state index is 0.0307. The highest BCUT2D eigenvalue weighted by atomic mass is 32.2. The number of carbonyl (C=O) groups is 2. The summed E-state index contributed by atoms with van der Waals surface area (Å²) in [6.07, 6.45) is 1.32. The second kappa shape index (κ2) is 8.92. The lowest BCUT2D eigenvalue weighted by Gasteiger charge is -2.36. The van der Waals surface area contributed by atoms with Crippen LogP contribution in [0.4, 0.5) is 5.69 Å². The van der Waals surface area contributed by atoms with Gasteiger partial charge < -0.3 is 9.80 Å². The van der Waals surface area contributed by atoms with Crippen LogP contribution < -0.4 is 4.90 Å². The minimum atomic E-state index is -3.72. The Bertz CT molecular complexity index is 1220. The van der Waals surface area contributed by atoms with Crippen LogP contribution in [0.25, 0.3) is 0 Å². The zero-order valence-corrected chi connectivity index (χ0v) is 18.5. The molecule has 0 bridgehead atoms. The molecular weight excluding hydrogens is 426 g/mol. The number of pyridine rings is 1. The lowest BCUT2D eigenvalue weighted by atomic mass is 10.1. The van der Waals surface area contributed by atoms with Gasteiger partial charge in [0.15, 0.2) is 10.8 Å². The maximum atomic E-state index is 12.9. The third kappa shape index (κ3) is 4.40. The van der Waals surface area contributed by atoms with Gasteiger partial charge in [-0.3, -0.25) is 9.59 Å². The molecule has 1 aliphatic rings. The van der Waals surface area contributed by atoms with Gasteiger partial charge in [-0.05, 0) is 55.5 Å². The summed E-state index contributed by atoms with van der Waals surface area (Å²) in [4.78, 5) is 32.4. The topological polar surface area (TPSA) is 87.7 Å². The van der Waals surface area contributed by atoms with Gasteiger partial charge in [-0.1, -0.05) is 18.2 Å². The Morgan fingerprint density at radius 3 is 2.00 bits per heavy atom. The van der Waals surface area contributed by atoms with Gasteiger partial charge >= 0.3 is 0 Å². The van der Waals surface area contributed by atoms with E-state index < -0.39 is 9.84 Å². The summed E-state index contributed by atoms with van der Waals surface area (Å²) in [6.45, 7) is 3.95. The van der Waals surface area contributed by atoms with Crippen LogP contribution in [0.5, 0.6) is 0 Å². The monoisotopic (exact) mass is 449 g/mol. The Hall–Kier alpha value is -3.52. The summed E-state index contributed by atoms with van der Waals surface area (Å²) in [5.74, 6) is -0.143. The fourth-order valence-electron chi connectivity index (χ4n) is 3.64. The van der Waals surface area contributed by atoms with Crippen molar-refractivity contribution in [2.75, 3.05) is 31.1 Å². The van der Waals surface area contributed by atoms with E-state index in [2.05, 4.69) is 9.88 Å². The number of Topliss-reactive ketones (excluding diaryl/α,β-unsaturated/α-hetero) is 1. The fraction of sp³-hybridized carbons (Fsp3) is 0.208. The van der Waals surface area contributed by atoms with Gasteiger partial charge in [-0.25, -0.2) is 13.4 Å². The van der Waals surface area contributed by atoms with Crippen LogP contribution in [0.2, 0.25) is 0 Å². The Morgan fingerprint density at radius 2 is 1.44 bits per heavy atom. The molecule has 0 atom stereocenters. The van der Waals surface area contributed by atoms with Crippen molar-refractivity contribution in [3.05, 3.63) is 84.1 Å².